The van der Waals surface area contributed by atoms with Crippen molar-refractivity contribution in [3.8, 4) is 5.75 Å². The molecule has 1 atom stereocenters. The van der Waals surface area contributed by atoms with E-state index in [1.54, 1.807) is 0 Å². The standard InChI is InChI=1S/C17H27NO3.ClH/c1-13-5-6-16(14(2)9-13)21-11-15(19)10-18-7-8-20-12-17(18,3)4;/h5-6,9,15,19H,7-8,10-12H2,1-4H3;1H. The summed E-state index contributed by atoms with van der Waals surface area (Å²) in [5.41, 5.74) is 2.29. The fourth-order valence-electron chi connectivity index (χ4n) is 2.68. The molecule has 5 heteroatoms. The molecule has 0 radical (unpaired) electrons. The van der Waals surface area contributed by atoms with Gasteiger partial charge >= 0.3 is 0 Å². The van der Waals surface area contributed by atoms with Gasteiger partial charge in [0.1, 0.15) is 18.5 Å². The first-order chi connectivity index (χ1) is 9.88. The summed E-state index contributed by atoms with van der Waals surface area (Å²) in [6, 6.07) is 6.09. The fourth-order valence-corrected chi connectivity index (χ4v) is 2.68. The van der Waals surface area contributed by atoms with Gasteiger partial charge in [-0.1, -0.05) is 17.7 Å². The maximum Gasteiger partial charge on any atom is 0.122 e. The normalized spacial score (nSPS) is 19.3. The van der Waals surface area contributed by atoms with Crippen molar-refractivity contribution in [2.75, 3.05) is 32.9 Å². The first-order valence-electron chi connectivity index (χ1n) is 7.59. The second kappa shape index (κ2) is 8.16. The summed E-state index contributed by atoms with van der Waals surface area (Å²) in [5, 5.41) is 10.2. The maximum absolute atomic E-state index is 10.2. The van der Waals surface area contributed by atoms with E-state index in [9.17, 15) is 5.11 Å². The fraction of sp³-hybridized carbons (Fsp3) is 0.647. The quantitative estimate of drug-likeness (QED) is 0.901. The molecular formula is C17H28ClNO3. The molecule has 2 rings (SSSR count). The molecule has 1 aromatic rings. The summed E-state index contributed by atoms with van der Waals surface area (Å²) in [6.07, 6.45) is -0.497. The number of aliphatic hydroxyl groups is 1. The molecule has 0 amide bonds. The molecule has 1 fully saturated rings. The molecule has 1 heterocycles. The van der Waals surface area contributed by atoms with E-state index in [-0.39, 0.29) is 17.9 Å². The highest BCUT2D eigenvalue weighted by atomic mass is 35.5. The van der Waals surface area contributed by atoms with Crippen LogP contribution >= 0.6 is 12.4 Å². The molecule has 4 nitrogen and oxygen atoms in total. The Balaban J connectivity index is 0.00000242. The van der Waals surface area contributed by atoms with Crippen molar-refractivity contribution < 1.29 is 14.6 Å². The minimum absolute atomic E-state index is 0. The van der Waals surface area contributed by atoms with Crippen LogP contribution in [0.15, 0.2) is 18.2 Å². The third-order valence-corrected chi connectivity index (χ3v) is 4.01. The van der Waals surface area contributed by atoms with E-state index in [2.05, 4.69) is 31.7 Å². The molecule has 22 heavy (non-hydrogen) atoms. The lowest BCUT2D eigenvalue weighted by Crippen LogP contribution is -2.55. The topological polar surface area (TPSA) is 41.9 Å². The van der Waals surface area contributed by atoms with Crippen LogP contribution in [0.2, 0.25) is 0 Å². The molecule has 0 saturated carbocycles. The molecule has 1 aliphatic heterocycles. The van der Waals surface area contributed by atoms with Crippen LogP contribution < -0.4 is 4.74 Å². The highest BCUT2D eigenvalue weighted by Crippen LogP contribution is 2.21. The second-order valence-electron chi connectivity index (χ2n) is 6.54. The van der Waals surface area contributed by atoms with Crippen LogP contribution in [-0.2, 0) is 4.74 Å². The smallest absolute Gasteiger partial charge is 0.122 e. The van der Waals surface area contributed by atoms with Crippen molar-refractivity contribution in [1.82, 2.24) is 4.90 Å². The molecule has 1 N–H and O–H groups in total. The van der Waals surface area contributed by atoms with Gasteiger partial charge in [-0.25, -0.2) is 0 Å². The minimum atomic E-state index is -0.497. The number of nitrogens with zero attached hydrogens (tertiary/aromatic N) is 1. The lowest BCUT2D eigenvalue weighted by Gasteiger charge is -2.42. The maximum atomic E-state index is 10.2. The van der Waals surface area contributed by atoms with Gasteiger partial charge in [-0.3, -0.25) is 4.90 Å². The monoisotopic (exact) mass is 329 g/mol. The van der Waals surface area contributed by atoms with E-state index in [0.29, 0.717) is 19.8 Å². The van der Waals surface area contributed by atoms with Crippen molar-refractivity contribution in [3.63, 3.8) is 0 Å². The molecule has 126 valence electrons. The van der Waals surface area contributed by atoms with Crippen molar-refractivity contribution in [1.29, 1.82) is 0 Å². The molecule has 0 aromatic heterocycles. The Morgan fingerprint density at radius 2 is 2.09 bits per heavy atom. The van der Waals surface area contributed by atoms with Gasteiger partial charge in [-0.2, -0.15) is 0 Å². The third-order valence-electron chi connectivity index (χ3n) is 4.01. The Labute approximate surface area is 139 Å². The van der Waals surface area contributed by atoms with Gasteiger partial charge in [0.15, 0.2) is 0 Å². The van der Waals surface area contributed by atoms with E-state index in [1.165, 1.54) is 5.56 Å². The van der Waals surface area contributed by atoms with Gasteiger partial charge in [-0.05, 0) is 39.3 Å². The number of hydrogen-bond acceptors (Lipinski definition) is 4. The molecule has 0 aliphatic carbocycles. The molecule has 0 bridgehead atoms. The van der Waals surface area contributed by atoms with Crippen LogP contribution in [-0.4, -0.2) is 54.6 Å². The zero-order chi connectivity index (χ0) is 15.5. The number of β-amino-alcohol motifs (C(OH)–C–C–N with tert-alkyl or cyclic N) is 1. The van der Waals surface area contributed by atoms with Gasteiger partial charge in [0, 0.05) is 18.6 Å². The number of morpholine rings is 1. The van der Waals surface area contributed by atoms with Gasteiger partial charge in [-0.15, -0.1) is 12.4 Å². The first kappa shape index (κ1) is 19.2. The molecule has 1 aromatic carbocycles. The largest absolute Gasteiger partial charge is 0.491 e. The first-order valence-corrected chi connectivity index (χ1v) is 7.59. The predicted molar refractivity (Wildman–Crippen MR) is 91.1 cm³/mol. The lowest BCUT2D eigenvalue weighted by molar-refractivity contribution is -0.0703. The summed E-state index contributed by atoms with van der Waals surface area (Å²) in [4.78, 5) is 2.27. The SMILES string of the molecule is Cc1ccc(OCC(O)CN2CCOCC2(C)C)c(C)c1.Cl. The zero-order valence-corrected chi connectivity index (χ0v) is 14.8. The van der Waals surface area contributed by atoms with Crippen LogP contribution in [0.3, 0.4) is 0 Å². The molecule has 0 spiro atoms. The van der Waals surface area contributed by atoms with Crippen molar-refractivity contribution >= 4 is 12.4 Å². The van der Waals surface area contributed by atoms with E-state index in [1.807, 2.05) is 19.1 Å². The summed E-state index contributed by atoms with van der Waals surface area (Å²) < 4.78 is 11.3. The van der Waals surface area contributed by atoms with Crippen LogP contribution in [0.1, 0.15) is 25.0 Å². The average Bonchev–Trinajstić information content (AvgIpc) is 2.40. The Kier molecular flexibility index (Phi) is 7.13. The van der Waals surface area contributed by atoms with Crippen molar-refractivity contribution in [2.45, 2.75) is 39.3 Å². The second-order valence-corrected chi connectivity index (χ2v) is 6.54. The number of hydrogen-bond donors (Lipinski definition) is 1. The third kappa shape index (κ3) is 5.13. The van der Waals surface area contributed by atoms with Gasteiger partial charge in [0.05, 0.1) is 13.2 Å². The average molecular weight is 330 g/mol. The van der Waals surface area contributed by atoms with Crippen LogP contribution in [0.4, 0.5) is 0 Å². The molecular weight excluding hydrogens is 302 g/mol. The zero-order valence-electron chi connectivity index (χ0n) is 14.0. The van der Waals surface area contributed by atoms with Crippen molar-refractivity contribution in [2.24, 2.45) is 0 Å². The number of rotatable bonds is 5. The molecule has 1 saturated heterocycles. The summed E-state index contributed by atoms with van der Waals surface area (Å²) in [7, 11) is 0. The molecule has 1 aliphatic rings. The Morgan fingerprint density at radius 3 is 2.73 bits per heavy atom. The number of halogens is 1. The van der Waals surface area contributed by atoms with Crippen molar-refractivity contribution in [3.05, 3.63) is 29.3 Å². The van der Waals surface area contributed by atoms with Crippen LogP contribution in [0.5, 0.6) is 5.75 Å². The van der Waals surface area contributed by atoms with Gasteiger partial charge in [0.25, 0.3) is 0 Å². The number of aliphatic hydroxyl groups excluding tert-OH is 1. The predicted octanol–water partition coefficient (Wildman–Crippen LogP) is 2.58. The van der Waals surface area contributed by atoms with Gasteiger partial charge < -0.3 is 14.6 Å². The Morgan fingerprint density at radius 1 is 1.36 bits per heavy atom. The lowest BCUT2D eigenvalue weighted by atomic mass is 10.0. The number of ether oxygens (including phenoxy) is 2. The van der Waals surface area contributed by atoms with E-state index in [4.69, 9.17) is 9.47 Å². The van der Waals surface area contributed by atoms with E-state index >= 15 is 0 Å². The highest BCUT2D eigenvalue weighted by molar-refractivity contribution is 5.85. The Hall–Kier alpha value is -0.810. The Bertz CT molecular complexity index is 479. The summed E-state index contributed by atoms with van der Waals surface area (Å²) in [5.74, 6) is 0.848. The van der Waals surface area contributed by atoms with E-state index < -0.39 is 6.10 Å². The van der Waals surface area contributed by atoms with Crippen LogP contribution in [0, 0.1) is 13.8 Å². The number of benzene rings is 1. The van der Waals surface area contributed by atoms with E-state index in [0.717, 1.165) is 24.5 Å². The van der Waals surface area contributed by atoms with Crippen LogP contribution in [0.25, 0.3) is 0 Å². The highest BCUT2D eigenvalue weighted by Gasteiger charge is 2.31. The molecule has 1 unspecified atom stereocenters. The number of aryl methyl sites for hydroxylation is 2. The summed E-state index contributed by atoms with van der Waals surface area (Å²) >= 11 is 0. The summed E-state index contributed by atoms with van der Waals surface area (Å²) in [6.45, 7) is 11.6. The van der Waals surface area contributed by atoms with Gasteiger partial charge in [0.2, 0.25) is 0 Å². The minimum Gasteiger partial charge on any atom is -0.491 e.